The van der Waals surface area contributed by atoms with Crippen LogP contribution < -0.4 is 9.47 Å². The Morgan fingerprint density at radius 2 is 1.74 bits per heavy atom. The number of aromatic nitrogens is 2. The molecule has 7 nitrogen and oxygen atoms in total. The number of hydrogen-bond donors (Lipinski definition) is 0. The summed E-state index contributed by atoms with van der Waals surface area (Å²) in [5, 5.41) is 0. The molecule has 1 amide bonds. The van der Waals surface area contributed by atoms with Crippen LogP contribution in [0, 0.1) is 0 Å². The number of piperazine rings is 1. The van der Waals surface area contributed by atoms with E-state index in [0.717, 1.165) is 43.1 Å². The summed E-state index contributed by atoms with van der Waals surface area (Å²) in [7, 11) is 0. The van der Waals surface area contributed by atoms with Crippen molar-refractivity contribution in [3.8, 4) is 11.5 Å². The van der Waals surface area contributed by atoms with E-state index in [9.17, 15) is 4.79 Å². The van der Waals surface area contributed by atoms with Crippen LogP contribution in [-0.2, 0) is 13.0 Å². The average molecular weight is 418 g/mol. The predicted octanol–water partition coefficient (Wildman–Crippen LogP) is 3.41. The number of pyridine rings is 2. The predicted molar refractivity (Wildman–Crippen MR) is 117 cm³/mol. The summed E-state index contributed by atoms with van der Waals surface area (Å²) in [5.41, 5.74) is 2.16. The molecule has 0 saturated carbocycles. The van der Waals surface area contributed by atoms with Crippen LogP contribution in [0.1, 0.15) is 11.3 Å². The van der Waals surface area contributed by atoms with Crippen molar-refractivity contribution >= 4 is 6.09 Å². The van der Waals surface area contributed by atoms with E-state index in [0.29, 0.717) is 25.4 Å². The standard InChI is InChI=1S/C24H26N4O3/c29-24(28-15-13-27(14-16-28)19-21-4-1-2-12-26-21)31-22-8-6-20(7-9-22)10-17-30-23-5-3-11-25-18-23/h1-9,11-12,18H,10,13-17,19H2. The highest BCUT2D eigenvalue weighted by Gasteiger charge is 2.22. The van der Waals surface area contributed by atoms with Crippen LogP contribution in [0.25, 0.3) is 0 Å². The number of hydrogen-bond acceptors (Lipinski definition) is 6. The molecule has 3 aromatic rings. The second-order valence-electron chi connectivity index (χ2n) is 7.38. The quantitative estimate of drug-likeness (QED) is 0.586. The van der Waals surface area contributed by atoms with E-state index in [2.05, 4.69) is 14.9 Å². The minimum atomic E-state index is -0.301. The van der Waals surface area contributed by atoms with Gasteiger partial charge in [-0.15, -0.1) is 0 Å². The number of carbonyl (C=O) groups excluding carboxylic acids is 1. The molecule has 0 atom stereocenters. The van der Waals surface area contributed by atoms with Crippen molar-refractivity contribution in [3.05, 3.63) is 84.4 Å². The normalized spacial score (nSPS) is 14.3. The second-order valence-corrected chi connectivity index (χ2v) is 7.38. The Morgan fingerprint density at radius 3 is 2.45 bits per heavy atom. The molecule has 4 rings (SSSR count). The van der Waals surface area contributed by atoms with Gasteiger partial charge in [0, 0.05) is 51.5 Å². The van der Waals surface area contributed by atoms with E-state index in [1.807, 2.05) is 60.8 Å². The van der Waals surface area contributed by atoms with Crippen LogP contribution in [0.5, 0.6) is 11.5 Å². The molecule has 0 bridgehead atoms. The second kappa shape index (κ2) is 10.5. The molecule has 7 heteroatoms. The van der Waals surface area contributed by atoms with E-state index >= 15 is 0 Å². The molecule has 1 aliphatic rings. The number of benzene rings is 1. The van der Waals surface area contributed by atoms with Gasteiger partial charge in [-0.1, -0.05) is 18.2 Å². The first kappa shape index (κ1) is 20.8. The molecule has 1 aromatic carbocycles. The van der Waals surface area contributed by atoms with Crippen molar-refractivity contribution in [1.29, 1.82) is 0 Å². The zero-order valence-corrected chi connectivity index (χ0v) is 17.4. The monoisotopic (exact) mass is 418 g/mol. The molecule has 31 heavy (non-hydrogen) atoms. The molecule has 0 aliphatic carbocycles. The lowest BCUT2D eigenvalue weighted by atomic mass is 10.1. The van der Waals surface area contributed by atoms with Gasteiger partial charge in [0.25, 0.3) is 0 Å². The van der Waals surface area contributed by atoms with Crippen molar-refractivity contribution in [2.45, 2.75) is 13.0 Å². The summed E-state index contributed by atoms with van der Waals surface area (Å²) in [6.45, 7) is 4.28. The maximum Gasteiger partial charge on any atom is 0.415 e. The average Bonchev–Trinajstić information content (AvgIpc) is 2.82. The molecule has 1 aliphatic heterocycles. The third-order valence-corrected chi connectivity index (χ3v) is 5.16. The number of nitrogens with zero attached hydrogens (tertiary/aromatic N) is 4. The van der Waals surface area contributed by atoms with Crippen molar-refractivity contribution in [1.82, 2.24) is 19.8 Å². The Hall–Kier alpha value is -3.45. The van der Waals surface area contributed by atoms with Crippen molar-refractivity contribution < 1.29 is 14.3 Å². The van der Waals surface area contributed by atoms with Crippen molar-refractivity contribution in [3.63, 3.8) is 0 Å². The highest BCUT2D eigenvalue weighted by atomic mass is 16.6. The molecule has 0 spiro atoms. The van der Waals surface area contributed by atoms with Crippen LogP contribution in [-0.4, -0.2) is 58.6 Å². The fourth-order valence-electron chi connectivity index (χ4n) is 3.42. The van der Waals surface area contributed by atoms with Crippen molar-refractivity contribution in [2.24, 2.45) is 0 Å². The molecular weight excluding hydrogens is 392 g/mol. The molecule has 0 unspecified atom stereocenters. The van der Waals surface area contributed by atoms with Gasteiger partial charge >= 0.3 is 6.09 Å². The first-order valence-corrected chi connectivity index (χ1v) is 10.5. The first-order chi connectivity index (χ1) is 15.3. The summed E-state index contributed by atoms with van der Waals surface area (Å²) in [5.74, 6) is 1.31. The van der Waals surface area contributed by atoms with Crippen molar-refractivity contribution in [2.75, 3.05) is 32.8 Å². The lowest BCUT2D eigenvalue weighted by molar-refractivity contribution is 0.107. The fourth-order valence-corrected chi connectivity index (χ4v) is 3.42. The van der Waals surface area contributed by atoms with Gasteiger partial charge in [0.1, 0.15) is 11.5 Å². The number of rotatable bonds is 7. The Labute approximate surface area is 182 Å². The smallest absolute Gasteiger partial charge is 0.415 e. The van der Waals surface area contributed by atoms with Gasteiger partial charge in [-0.2, -0.15) is 0 Å². The van der Waals surface area contributed by atoms with Crippen LogP contribution in [0.15, 0.2) is 73.2 Å². The van der Waals surface area contributed by atoms with Gasteiger partial charge in [-0.25, -0.2) is 4.79 Å². The Kier molecular flexibility index (Phi) is 7.08. The van der Waals surface area contributed by atoms with Gasteiger partial charge in [0.15, 0.2) is 0 Å². The largest absolute Gasteiger partial charge is 0.492 e. The van der Waals surface area contributed by atoms with Crippen LogP contribution in [0.2, 0.25) is 0 Å². The van der Waals surface area contributed by atoms with Gasteiger partial charge in [-0.3, -0.25) is 14.9 Å². The van der Waals surface area contributed by atoms with E-state index in [1.165, 1.54) is 0 Å². The zero-order chi connectivity index (χ0) is 21.3. The van der Waals surface area contributed by atoms with E-state index in [4.69, 9.17) is 9.47 Å². The molecule has 1 fully saturated rings. The maximum absolute atomic E-state index is 12.5. The highest BCUT2D eigenvalue weighted by Crippen LogP contribution is 2.16. The number of amides is 1. The fraction of sp³-hybridized carbons (Fsp3) is 0.292. The Balaban J connectivity index is 1.19. The SMILES string of the molecule is O=C(Oc1ccc(CCOc2cccnc2)cc1)N1CCN(Cc2ccccn2)CC1. The summed E-state index contributed by atoms with van der Waals surface area (Å²) in [4.78, 5) is 24.9. The van der Waals surface area contributed by atoms with Crippen LogP contribution >= 0.6 is 0 Å². The third kappa shape index (κ3) is 6.26. The summed E-state index contributed by atoms with van der Waals surface area (Å²) in [6, 6.07) is 17.2. The first-order valence-electron chi connectivity index (χ1n) is 10.5. The van der Waals surface area contributed by atoms with Crippen LogP contribution in [0.4, 0.5) is 4.79 Å². The third-order valence-electron chi connectivity index (χ3n) is 5.16. The van der Waals surface area contributed by atoms with E-state index in [-0.39, 0.29) is 6.09 Å². The van der Waals surface area contributed by atoms with Gasteiger partial charge in [0.05, 0.1) is 18.5 Å². The molecule has 3 heterocycles. The Morgan fingerprint density at radius 1 is 0.903 bits per heavy atom. The van der Waals surface area contributed by atoms with E-state index < -0.39 is 0 Å². The summed E-state index contributed by atoms with van der Waals surface area (Å²) < 4.78 is 11.2. The number of carbonyl (C=O) groups is 1. The molecule has 0 N–H and O–H groups in total. The maximum atomic E-state index is 12.5. The van der Waals surface area contributed by atoms with E-state index in [1.54, 1.807) is 17.3 Å². The molecule has 160 valence electrons. The van der Waals surface area contributed by atoms with Gasteiger partial charge in [-0.05, 0) is 42.0 Å². The minimum Gasteiger partial charge on any atom is -0.492 e. The minimum absolute atomic E-state index is 0.301. The Bertz CT molecular complexity index is 944. The van der Waals surface area contributed by atoms with Gasteiger partial charge < -0.3 is 14.4 Å². The molecule has 1 saturated heterocycles. The lowest BCUT2D eigenvalue weighted by Crippen LogP contribution is -2.49. The lowest BCUT2D eigenvalue weighted by Gasteiger charge is -2.33. The molecule has 2 aromatic heterocycles. The van der Waals surface area contributed by atoms with Gasteiger partial charge in [0.2, 0.25) is 0 Å². The highest BCUT2D eigenvalue weighted by molar-refractivity contribution is 5.70. The zero-order valence-electron chi connectivity index (χ0n) is 17.4. The molecular formula is C24H26N4O3. The topological polar surface area (TPSA) is 67.8 Å². The van der Waals surface area contributed by atoms with Crippen LogP contribution in [0.3, 0.4) is 0 Å². The number of ether oxygens (including phenoxy) is 2. The summed E-state index contributed by atoms with van der Waals surface area (Å²) in [6.07, 6.45) is 5.68. The molecule has 0 radical (unpaired) electrons. The summed E-state index contributed by atoms with van der Waals surface area (Å²) >= 11 is 0.